The van der Waals surface area contributed by atoms with Crippen molar-refractivity contribution in [2.24, 2.45) is 0 Å². The van der Waals surface area contributed by atoms with Crippen molar-refractivity contribution in [1.29, 1.82) is 0 Å². The standard InChI is InChI=1S/C21H23N3O3S/c25-19-11-13-24(14-12-19)28(26,27)20-16-23(15-17-7-3-1-4-8-17)22-21(20)18-9-5-2-6-10-18/h1-10,16,19,25H,11-15H2. The van der Waals surface area contributed by atoms with Crippen LogP contribution in [0.1, 0.15) is 18.4 Å². The molecule has 0 radical (unpaired) electrons. The Morgan fingerprint density at radius 3 is 2.21 bits per heavy atom. The fourth-order valence-electron chi connectivity index (χ4n) is 3.46. The Morgan fingerprint density at radius 2 is 1.57 bits per heavy atom. The van der Waals surface area contributed by atoms with Crippen LogP contribution in [0.4, 0.5) is 0 Å². The summed E-state index contributed by atoms with van der Waals surface area (Å²) in [6.45, 7) is 1.14. The number of aliphatic hydroxyl groups is 1. The summed E-state index contributed by atoms with van der Waals surface area (Å²) in [6.07, 6.45) is 2.10. The van der Waals surface area contributed by atoms with Crippen LogP contribution < -0.4 is 0 Å². The molecule has 0 amide bonds. The number of piperidine rings is 1. The molecule has 28 heavy (non-hydrogen) atoms. The van der Waals surface area contributed by atoms with Gasteiger partial charge in [-0.1, -0.05) is 60.7 Å². The van der Waals surface area contributed by atoms with Gasteiger partial charge in [0.2, 0.25) is 10.0 Å². The second kappa shape index (κ2) is 7.87. The van der Waals surface area contributed by atoms with Gasteiger partial charge in [-0.3, -0.25) is 4.68 Å². The van der Waals surface area contributed by atoms with E-state index in [0.717, 1.165) is 11.1 Å². The quantitative estimate of drug-likeness (QED) is 0.718. The number of hydrogen-bond donors (Lipinski definition) is 1. The molecule has 1 aliphatic rings. The van der Waals surface area contributed by atoms with Crippen molar-refractivity contribution in [3.05, 3.63) is 72.4 Å². The monoisotopic (exact) mass is 397 g/mol. The van der Waals surface area contributed by atoms with Crippen LogP contribution in [-0.2, 0) is 16.6 Å². The minimum Gasteiger partial charge on any atom is -0.393 e. The van der Waals surface area contributed by atoms with E-state index in [9.17, 15) is 13.5 Å². The lowest BCUT2D eigenvalue weighted by Gasteiger charge is -2.28. The number of rotatable bonds is 5. The van der Waals surface area contributed by atoms with Gasteiger partial charge in [-0.2, -0.15) is 9.40 Å². The van der Waals surface area contributed by atoms with Gasteiger partial charge in [0, 0.05) is 24.8 Å². The van der Waals surface area contributed by atoms with Crippen molar-refractivity contribution >= 4 is 10.0 Å². The second-order valence-corrected chi connectivity index (χ2v) is 8.93. The molecular formula is C21H23N3O3S. The van der Waals surface area contributed by atoms with Crippen LogP contribution in [0.5, 0.6) is 0 Å². The van der Waals surface area contributed by atoms with Crippen LogP contribution >= 0.6 is 0 Å². The van der Waals surface area contributed by atoms with E-state index in [4.69, 9.17) is 0 Å². The van der Waals surface area contributed by atoms with E-state index >= 15 is 0 Å². The van der Waals surface area contributed by atoms with E-state index in [2.05, 4.69) is 5.10 Å². The Balaban J connectivity index is 1.74. The van der Waals surface area contributed by atoms with E-state index in [0.29, 0.717) is 38.2 Å². The van der Waals surface area contributed by atoms with E-state index in [1.807, 2.05) is 60.7 Å². The predicted octanol–water partition coefficient (Wildman–Crippen LogP) is 2.74. The lowest BCUT2D eigenvalue weighted by Crippen LogP contribution is -2.40. The van der Waals surface area contributed by atoms with Gasteiger partial charge in [0.25, 0.3) is 0 Å². The highest BCUT2D eigenvalue weighted by atomic mass is 32.2. The molecule has 1 fully saturated rings. The molecule has 6 nitrogen and oxygen atoms in total. The number of aromatic nitrogens is 2. The van der Waals surface area contributed by atoms with Gasteiger partial charge < -0.3 is 5.11 Å². The van der Waals surface area contributed by atoms with Crippen molar-refractivity contribution in [3.63, 3.8) is 0 Å². The first-order valence-corrected chi connectivity index (χ1v) is 10.8. The first-order chi connectivity index (χ1) is 13.5. The summed E-state index contributed by atoms with van der Waals surface area (Å²) in [6, 6.07) is 19.2. The zero-order valence-corrected chi connectivity index (χ0v) is 16.3. The van der Waals surface area contributed by atoms with Crippen LogP contribution in [0, 0.1) is 0 Å². The molecule has 1 aromatic heterocycles. The molecule has 0 spiro atoms. The fraction of sp³-hybridized carbons (Fsp3) is 0.286. The van der Waals surface area contributed by atoms with Crippen LogP contribution in [0.2, 0.25) is 0 Å². The normalized spacial score (nSPS) is 16.3. The van der Waals surface area contributed by atoms with Crippen molar-refractivity contribution in [2.75, 3.05) is 13.1 Å². The Bertz CT molecular complexity index is 1030. The molecule has 4 rings (SSSR count). The van der Waals surface area contributed by atoms with Gasteiger partial charge in [-0.25, -0.2) is 8.42 Å². The number of benzene rings is 2. The Morgan fingerprint density at radius 1 is 0.964 bits per heavy atom. The molecule has 2 aromatic carbocycles. The molecule has 0 unspecified atom stereocenters. The third kappa shape index (κ3) is 3.87. The highest BCUT2D eigenvalue weighted by Crippen LogP contribution is 2.30. The molecule has 1 saturated heterocycles. The van der Waals surface area contributed by atoms with Crippen molar-refractivity contribution in [1.82, 2.24) is 14.1 Å². The van der Waals surface area contributed by atoms with E-state index in [-0.39, 0.29) is 4.90 Å². The van der Waals surface area contributed by atoms with E-state index in [1.54, 1.807) is 10.9 Å². The summed E-state index contributed by atoms with van der Waals surface area (Å²) < 4.78 is 29.8. The van der Waals surface area contributed by atoms with Crippen LogP contribution in [0.15, 0.2) is 71.8 Å². The molecule has 146 valence electrons. The molecule has 7 heteroatoms. The molecule has 1 N–H and O–H groups in total. The van der Waals surface area contributed by atoms with Gasteiger partial charge in [-0.15, -0.1) is 0 Å². The number of nitrogens with zero attached hydrogens (tertiary/aromatic N) is 3. The first kappa shape index (κ1) is 18.9. The molecule has 0 bridgehead atoms. The molecule has 0 saturated carbocycles. The Kier molecular flexibility index (Phi) is 5.30. The predicted molar refractivity (Wildman–Crippen MR) is 107 cm³/mol. The SMILES string of the molecule is O=S(=O)(c1cn(Cc2ccccc2)nc1-c1ccccc1)N1CCC(O)CC1. The maximum absolute atomic E-state index is 13.3. The first-order valence-electron chi connectivity index (χ1n) is 9.39. The fourth-order valence-corrected chi connectivity index (χ4v) is 5.09. The smallest absolute Gasteiger partial charge is 0.246 e. The molecule has 1 aliphatic heterocycles. The van der Waals surface area contributed by atoms with E-state index in [1.165, 1.54) is 4.31 Å². The summed E-state index contributed by atoms with van der Waals surface area (Å²) in [7, 11) is -3.70. The zero-order valence-electron chi connectivity index (χ0n) is 15.5. The maximum atomic E-state index is 13.3. The topological polar surface area (TPSA) is 75.4 Å². The van der Waals surface area contributed by atoms with Crippen molar-refractivity contribution in [2.45, 2.75) is 30.4 Å². The van der Waals surface area contributed by atoms with Gasteiger partial charge in [0.05, 0.1) is 12.6 Å². The molecule has 2 heterocycles. The third-order valence-corrected chi connectivity index (χ3v) is 6.90. The summed E-state index contributed by atoms with van der Waals surface area (Å²) >= 11 is 0. The van der Waals surface area contributed by atoms with Crippen molar-refractivity contribution < 1.29 is 13.5 Å². The summed E-state index contributed by atoms with van der Waals surface area (Å²) in [5.41, 5.74) is 2.28. The Hall–Kier alpha value is -2.48. The highest BCUT2D eigenvalue weighted by molar-refractivity contribution is 7.89. The van der Waals surface area contributed by atoms with Crippen molar-refractivity contribution in [3.8, 4) is 11.3 Å². The Labute approximate surface area is 165 Å². The van der Waals surface area contributed by atoms with Crippen LogP contribution in [0.3, 0.4) is 0 Å². The molecular weight excluding hydrogens is 374 g/mol. The van der Waals surface area contributed by atoms with Gasteiger partial charge in [0.15, 0.2) is 0 Å². The average Bonchev–Trinajstić information content (AvgIpc) is 3.14. The molecule has 3 aromatic rings. The lowest BCUT2D eigenvalue weighted by molar-refractivity contribution is 0.113. The van der Waals surface area contributed by atoms with Gasteiger partial charge in [-0.05, 0) is 18.4 Å². The maximum Gasteiger partial charge on any atom is 0.246 e. The second-order valence-electron chi connectivity index (χ2n) is 7.03. The van der Waals surface area contributed by atoms with Crippen LogP contribution in [0.25, 0.3) is 11.3 Å². The van der Waals surface area contributed by atoms with Gasteiger partial charge >= 0.3 is 0 Å². The lowest BCUT2D eigenvalue weighted by atomic mass is 10.1. The summed E-state index contributed by atoms with van der Waals surface area (Å²) in [5.74, 6) is 0. The summed E-state index contributed by atoms with van der Waals surface area (Å²) in [5, 5.41) is 14.3. The highest BCUT2D eigenvalue weighted by Gasteiger charge is 2.32. The van der Waals surface area contributed by atoms with Gasteiger partial charge in [0.1, 0.15) is 10.6 Å². The number of hydrogen-bond acceptors (Lipinski definition) is 4. The average molecular weight is 398 g/mol. The largest absolute Gasteiger partial charge is 0.393 e. The zero-order chi connectivity index (χ0) is 19.6. The van der Waals surface area contributed by atoms with Crippen LogP contribution in [-0.4, -0.2) is 46.8 Å². The third-order valence-electron chi connectivity index (χ3n) is 5.00. The van der Waals surface area contributed by atoms with E-state index < -0.39 is 16.1 Å². The molecule has 0 aliphatic carbocycles. The number of aliphatic hydroxyl groups excluding tert-OH is 1. The number of sulfonamides is 1. The summed E-state index contributed by atoms with van der Waals surface area (Å²) in [4.78, 5) is 0.214. The minimum atomic E-state index is -3.70. The minimum absolute atomic E-state index is 0.214. The molecule has 0 atom stereocenters.